The normalized spacial score (nSPS) is 13.8. The highest BCUT2D eigenvalue weighted by Crippen LogP contribution is 2.20. The van der Waals surface area contributed by atoms with Gasteiger partial charge in [-0.05, 0) is 0 Å². The summed E-state index contributed by atoms with van der Waals surface area (Å²) in [7, 11) is -5.21. The van der Waals surface area contributed by atoms with Crippen molar-refractivity contribution in [1.82, 2.24) is 0 Å². The van der Waals surface area contributed by atoms with E-state index in [9.17, 15) is 30.4 Å². The monoisotopic (exact) mass is 214 g/mol. The maximum atomic E-state index is 11.3. The van der Waals surface area contributed by atoms with Gasteiger partial charge in [0.05, 0.1) is 0 Å². The summed E-state index contributed by atoms with van der Waals surface area (Å²) in [6, 6.07) is 0. The van der Waals surface area contributed by atoms with E-state index in [2.05, 4.69) is 4.18 Å². The van der Waals surface area contributed by atoms with Crippen LogP contribution in [0.1, 0.15) is 0 Å². The van der Waals surface area contributed by atoms with E-state index >= 15 is 0 Å². The topological polar surface area (TPSA) is 43.4 Å². The third-order valence-corrected chi connectivity index (χ3v) is 1.65. The van der Waals surface area contributed by atoms with Crippen molar-refractivity contribution in [3.8, 4) is 0 Å². The van der Waals surface area contributed by atoms with Crippen LogP contribution < -0.4 is 0 Å². The van der Waals surface area contributed by atoms with E-state index in [1.54, 1.807) is 0 Å². The van der Waals surface area contributed by atoms with E-state index in [4.69, 9.17) is 0 Å². The Kier molecular flexibility index (Phi) is 3.39. The van der Waals surface area contributed by atoms with Crippen LogP contribution in [0.3, 0.4) is 0 Å². The molecule has 0 spiro atoms. The largest absolute Gasteiger partial charge is 0.537 e. The number of halogens is 5. The van der Waals surface area contributed by atoms with Gasteiger partial charge in [0.15, 0.2) is 0 Å². The first-order valence-electron chi connectivity index (χ1n) is 2.40. The fraction of sp³-hybridized carbons (Fsp3) is 1.00. The molecule has 0 bridgehead atoms. The maximum Gasteiger partial charge on any atom is 0.537 e. The Labute approximate surface area is 64.2 Å². The van der Waals surface area contributed by atoms with Gasteiger partial charge in [-0.3, -0.25) is 0 Å². The first-order valence-corrected chi connectivity index (χ1v) is 3.98. The zero-order valence-corrected chi connectivity index (χ0v) is 6.12. The summed E-state index contributed by atoms with van der Waals surface area (Å²) < 4.78 is 78.5. The summed E-state index contributed by atoms with van der Waals surface area (Å²) in [4.78, 5) is 0. The van der Waals surface area contributed by atoms with E-state index in [1.807, 2.05) is 0 Å². The fourth-order valence-corrected chi connectivity index (χ4v) is 0.997. The Morgan fingerprint density at radius 3 is 1.92 bits per heavy atom. The maximum absolute atomic E-state index is 11.3. The quantitative estimate of drug-likeness (QED) is 0.522. The van der Waals surface area contributed by atoms with Gasteiger partial charge >= 0.3 is 6.36 Å². The van der Waals surface area contributed by atoms with Crippen LogP contribution in [-0.4, -0.2) is 27.0 Å². The predicted octanol–water partition coefficient (Wildman–Crippen LogP) is 1.12. The van der Waals surface area contributed by atoms with Crippen LogP contribution in [-0.2, 0) is 14.3 Å². The number of hydrogen-bond acceptors (Lipinski definition) is 3. The lowest BCUT2D eigenvalue weighted by Gasteiger charge is -2.06. The van der Waals surface area contributed by atoms with Crippen molar-refractivity contribution in [3.63, 3.8) is 0 Å². The predicted molar refractivity (Wildman–Crippen MR) is 26.9 cm³/mol. The molecule has 0 aliphatic heterocycles. The third-order valence-electron chi connectivity index (χ3n) is 0.552. The lowest BCUT2D eigenvalue weighted by atomic mass is 10.9. The van der Waals surface area contributed by atoms with Crippen molar-refractivity contribution in [2.24, 2.45) is 0 Å². The van der Waals surface area contributed by atoms with Gasteiger partial charge in [-0.2, -0.15) is 12.6 Å². The summed E-state index contributed by atoms with van der Waals surface area (Å²) >= 11 is 0. The molecular formula is C3H3F5O3S. The average molecular weight is 214 g/mol. The number of hydrogen-bond donors (Lipinski definition) is 0. The molecule has 3 nitrogen and oxygen atoms in total. The molecule has 0 aromatic carbocycles. The first kappa shape index (κ1) is 11.6. The molecule has 0 unspecified atom stereocenters. The molecule has 0 N–H and O–H groups in total. The lowest BCUT2D eigenvalue weighted by molar-refractivity contribution is -0.272. The van der Waals surface area contributed by atoms with E-state index in [0.29, 0.717) is 0 Å². The third kappa shape index (κ3) is 6.28. The summed E-state index contributed by atoms with van der Waals surface area (Å²) in [6.07, 6.45) is -8.84. The Bertz CT molecular complexity index is 229. The Morgan fingerprint density at radius 1 is 1.25 bits per heavy atom. The molecule has 0 amide bonds. The summed E-state index contributed by atoms with van der Waals surface area (Å²) in [5, 5.41) is 0. The van der Waals surface area contributed by atoms with Crippen LogP contribution in [0, 0.1) is 0 Å². The van der Waals surface area contributed by atoms with Gasteiger partial charge in [0.25, 0.3) is 16.5 Å². The molecule has 0 aliphatic rings. The molecule has 74 valence electrons. The van der Waals surface area contributed by atoms with Crippen LogP contribution >= 0.6 is 0 Å². The van der Waals surface area contributed by atoms with Crippen LogP contribution in [0.2, 0.25) is 0 Å². The summed E-state index contributed by atoms with van der Waals surface area (Å²) in [5.74, 6) is -1.97. The fourth-order valence-electron chi connectivity index (χ4n) is 0.332. The standard InChI is InChI=1S/C3H3F5O3S/c4-2(5)1-12(9,10)11-3(6,7)8/h2H,1H2. The second kappa shape index (κ2) is 3.52. The molecular weight excluding hydrogens is 211 g/mol. The van der Waals surface area contributed by atoms with Gasteiger partial charge in [-0.1, -0.05) is 0 Å². The highest BCUT2D eigenvalue weighted by Gasteiger charge is 2.37. The van der Waals surface area contributed by atoms with E-state index in [1.165, 1.54) is 0 Å². The van der Waals surface area contributed by atoms with Crippen molar-refractivity contribution in [2.75, 3.05) is 5.75 Å². The van der Waals surface area contributed by atoms with Crippen molar-refractivity contribution >= 4 is 10.1 Å². The molecule has 9 heteroatoms. The SMILES string of the molecule is O=S(=O)(CC(F)F)OC(F)(F)F. The molecule has 0 aromatic heterocycles. The molecule has 0 rings (SSSR count). The number of alkyl halides is 5. The van der Waals surface area contributed by atoms with E-state index in [-0.39, 0.29) is 0 Å². The van der Waals surface area contributed by atoms with Crippen molar-refractivity contribution in [2.45, 2.75) is 12.8 Å². The van der Waals surface area contributed by atoms with Gasteiger partial charge in [0.1, 0.15) is 5.75 Å². The lowest BCUT2D eigenvalue weighted by Crippen LogP contribution is -2.24. The van der Waals surface area contributed by atoms with Crippen LogP contribution in [0.25, 0.3) is 0 Å². The van der Waals surface area contributed by atoms with Crippen molar-refractivity contribution < 1.29 is 34.6 Å². The number of rotatable bonds is 3. The van der Waals surface area contributed by atoms with E-state index in [0.717, 1.165) is 0 Å². The highest BCUT2D eigenvalue weighted by molar-refractivity contribution is 7.86. The first-order chi connectivity index (χ1) is 5.12. The smallest absolute Gasteiger partial charge is 0.209 e. The minimum atomic E-state index is -5.45. The van der Waals surface area contributed by atoms with Crippen molar-refractivity contribution in [1.29, 1.82) is 0 Å². The van der Waals surface area contributed by atoms with Gasteiger partial charge in [-0.15, -0.1) is 13.2 Å². The summed E-state index contributed by atoms with van der Waals surface area (Å²) in [5.41, 5.74) is 0. The molecule has 12 heavy (non-hydrogen) atoms. The van der Waals surface area contributed by atoms with Gasteiger partial charge in [0, 0.05) is 0 Å². The minimum Gasteiger partial charge on any atom is -0.209 e. The second-order valence-electron chi connectivity index (χ2n) is 1.64. The van der Waals surface area contributed by atoms with Gasteiger partial charge in [0.2, 0.25) is 0 Å². The molecule has 0 saturated heterocycles. The van der Waals surface area contributed by atoms with Crippen molar-refractivity contribution in [3.05, 3.63) is 0 Å². The Hall–Kier alpha value is -0.440. The molecule has 0 atom stereocenters. The van der Waals surface area contributed by atoms with Crippen LogP contribution in [0.5, 0.6) is 0 Å². The molecule has 0 radical (unpaired) electrons. The van der Waals surface area contributed by atoms with E-state index < -0.39 is 28.7 Å². The Balaban J connectivity index is 4.26. The molecule has 0 saturated carbocycles. The van der Waals surface area contributed by atoms with Crippen LogP contribution in [0.4, 0.5) is 22.0 Å². The highest BCUT2D eigenvalue weighted by atomic mass is 32.2. The zero-order chi connectivity index (χ0) is 9.99. The minimum absolute atomic E-state index is 1.97. The van der Waals surface area contributed by atoms with Gasteiger partial charge in [-0.25, -0.2) is 8.78 Å². The zero-order valence-electron chi connectivity index (χ0n) is 5.31. The Morgan fingerprint density at radius 2 is 1.67 bits per heavy atom. The van der Waals surface area contributed by atoms with Crippen LogP contribution in [0.15, 0.2) is 0 Å². The summed E-state index contributed by atoms with van der Waals surface area (Å²) in [6.45, 7) is 0. The molecule has 0 aromatic rings. The average Bonchev–Trinajstić information content (AvgIpc) is 1.48. The van der Waals surface area contributed by atoms with Gasteiger partial charge < -0.3 is 0 Å². The molecule has 0 fully saturated rings. The molecule has 0 heterocycles. The second-order valence-corrected chi connectivity index (χ2v) is 3.26. The molecule has 0 aliphatic carbocycles.